The second-order valence-electron chi connectivity index (χ2n) is 3.46. The summed E-state index contributed by atoms with van der Waals surface area (Å²) in [5.41, 5.74) is 0. The summed E-state index contributed by atoms with van der Waals surface area (Å²) >= 11 is 1.21. The van der Waals surface area contributed by atoms with Gasteiger partial charge in [-0.1, -0.05) is 13.8 Å². The van der Waals surface area contributed by atoms with E-state index in [4.69, 9.17) is 5.26 Å². The molecule has 0 aromatic rings. The fourth-order valence-electron chi connectivity index (χ4n) is 1.03. The van der Waals surface area contributed by atoms with E-state index in [0.29, 0.717) is 0 Å². The highest BCUT2D eigenvalue weighted by Crippen LogP contribution is 2.05. The first kappa shape index (κ1) is 14.8. The summed E-state index contributed by atoms with van der Waals surface area (Å²) in [4.78, 5) is 22.7. The van der Waals surface area contributed by atoms with Gasteiger partial charge in [0.15, 0.2) is 0 Å². The maximum atomic E-state index is 11.4. The molecule has 1 atom stereocenters. The van der Waals surface area contributed by atoms with Gasteiger partial charge in [0.05, 0.1) is 24.7 Å². The van der Waals surface area contributed by atoms with E-state index in [-0.39, 0.29) is 23.3 Å². The molecule has 0 radical (unpaired) electrons. The van der Waals surface area contributed by atoms with Gasteiger partial charge < -0.3 is 10.1 Å². The number of amides is 1. The first-order valence-electron chi connectivity index (χ1n) is 4.84. The summed E-state index contributed by atoms with van der Waals surface area (Å²) in [6, 6.07) is 1.30. The predicted octanol–water partition coefficient (Wildman–Crippen LogP) is 0.557. The topological polar surface area (TPSA) is 79.2 Å². The molecular weight excluding hydrogens is 228 g/mol. The van der Waals surface area contributed by atoms with Crippen LogP contribution in [0.3, 0.4) is 0 Å². The maximum absolute atomic E-state index is 11.4. The third-order valence-corrected chi connectivity index (χ3v) is 2.64. The standard InChI is InChI=1S/C10H16N2O3S/c1-7(2)9(10(14)15-3)12-8(13)6-16-5-4-11/h7,9H,5-6H2,1-3H3,(H,12,13). The van der Waals surface area contributed by atoms with Gasteiger partial charge >= 0.3 is 5.97 Å². The molecule has 0 rings (SSSR count). The Labute approximate surface area is 99.5 Å². The smallest absolute Gasteiger partial charge is 0.328 e. The summed E-state index contributed by atoms with van der Waals surface area (Å²) in [6.45, 7) is 3.65. The number of esters is 1. The van der Waals surface area contributed by atoms with Crippen molar-refractivity contribution in [2.45, 2.75) is 19.9 Å². The molecule has 0 aliphatic heterocycles. The number of hydrogen-bond acceptors (Lipinski definition) is 5. The number of ether oxygens (including phenoxy) is 1. The monoisotopic (exact) mass is 244 g/mol. The summed E-state index contributed by atoms with van der Waals surface area (Å²) in [5.74, 6) is -0.304. The molecule has 0 aromatic heterocycles. The molecule has 1 unspecified atom stereocenters. The highest BCUT2D eigenvalue weighted by atomic mass is 32.2. The Balaban J connectivity index is 4.15. The molecule has 16 heavy (non-hydrogen) atoms. The van der Waals surface area contributed by atoms with Crippen LogP contribution in [0.5, 0.6) is 0 Å². The van der Waals surface area contributed by atoms with Crippen LogP contribution in [0, 0.1) is 17.2 Å². The fourth-order valence-corrected chi connectivity index (χ4v) is 1.49. The van der Waals surface area contributed by atoms with Gasteiger partial charge in [-0.3, -0.25) is 4.79 Å². The lowest BCUT2D eigenvalue weighted by Crippen LogP contribution is -2.45. The first-order valence-corrected chi connectivity index (χ1v) is 6.00. The average Bonchev–Trinajstić information content (AvgIpc) is 2.25. The van der Waals surface area contributed by atoms with Crippen LogP contribution < -0.4 is 5.32 Å². The number of carbonyl (C=O) groups excluding carboxylic acids is 2. The molecule has 0 aromatic carbocycles. The summed E-state index contributed by atoms with van der Waals surface area (Å²) < 4.78 is 4.59. The molecule has 5 nitrogen and oxygen atoms in total. The van der Waals surface area contributed by atoms with Gasteiger partial charge in [-0.2, -0.15) is 5.26 Å². The molecule has 0 saturated heterocycles. The van der Waals surface area contributed by atoms with E-state index < -0.39 is 12.0 Å². The van der Waals surface area contributed by atoms with Crippen LogP contribution in [-0.2, 0) is 14.3 Å². The van der Waals surface area contributed by atoms with Crippen molar-refractivity contribution in [3.63, 3.8) is 0 Å². The highest BCUT2D eigenvalue weighted by molar-refractivity contribution is 8.00. The number of thioether (sulfide) groups is 1. The van der Waals surface area contributed by atoms with Crippen LogP contribution in [0.25, 0.3) is 0 Å². The number of hydrogen-bond donors (Lipinski definition) is 1. The van der Waals surface area contributed by atoms with Crippen LogP contribution >= 0.6 is 11.8 Å². The molecule has 0 spiro atoms. The molecule has 90 valence electrons. The Bertz CT molecular complexity index is 286. The lowest BCUT2D eigenvalue weighted by atomic mass is 10.1. The minimum atomic E-state index is -0.625. The highest BCUT2D eigenvalue weighted by Gasteiger charge is 2.24. The van der Waals surface area contributed by atoms with Gasteiger partial charge in [0.1, 0.15) is 6.04 Å². The van der Waals surface area contributed by atoms with Crippen molar-refractivity contribution in [1.29, 1.82) is 5.26 Å². The van der Waals surface area contributed by atoms with Crippen LogP contribution in [0.15, 0.2) is 0 Å². The van der Waals surface area contributed by atoms with Gasteiger partial charge in [-0.05, 0) is 5.92 Å². The van der Waals surface area contributed by atoms with Gasteiger partial charge in [-0.25, -0.2) is 4.79 Å². The zero-order valence-corrected chi connectivity index (χ0v) is 10.5. The SMILES string of the molecule is COC(=O)C(NC(=O)CSCC#N)C(C)C. The van der Waals surface area contributed by atoms with Crippen molar-refractivity contribution >= 4 is 23.6 Å². The lowest BCUT2D eigenvalue weighted by Gasteiger charge is -2.19. The largest absolute Gasteiger partial charge is 0.467 e. The predicted molar refractivity (Wildman–Crippen MR) is 61.7 cm³/mol. The van der Waals surface area contributed by atoms with E-state index >= 15 is 0 Å². The lowest BCUT2D eigenvalue weighted by molar-refractivity contribution is -0.146. The molecule has 1 N–H and O–H groups in total. The maximum Gasteiger partial charge on any atom is 0.328 e. The number of carbonyl (C=O) groups is 2. The summed E-state index contributed by atoms with van der Waals surface area (Å²) in [7, 11) is 1.29. The Morgan fingerprint density at radius 1 is 1.50 bits per heavy atom. The van der Waals surface area contributed by atoms with Crippen LogP contribution in [0.2, 0.25) is 0 Å². The van der Waals surface area contributed by atoms with E-state index in [1.807, 2.05) is 19.9 Å². The Morgan fingerprint density at radius 2 is 2.12 bits per heavy atom. The minimum Gasteiger partial charge on any atom is -0.467 e. The average molecular weight is 244 g/mol. The number of rotatable bonds is 6. The van der Waals surface area contributed by atoms with Crippen molar-refractivity contribution in [2.75, 3.05) is 18.6 Å². The van der Waals surface area contributed by atoms with Gasteiger partial charge in [0, 0.05) is 0 Å². The molecule has 0 heterocycles. The molecule has 0 aliphatic carbocycles. The van der Waals surface area contributed by atoms with Crippen molar-refractivity contribution < 1.29 is 14.3 Å². The van der Waals surface area contributed by atoms with E-state index in [0.717, 1.165) is 0 Å². The summed E-state index contributed by atoms with van der Waals surface area (Å²) in [5, 5.41) is 10.9. The number of nitriles is 1. The Kier molecular flexibility index (Phi) is 7.38. The minimum absolute atomic E-state index is 0.0302. The van der Waals surface area contributed by atoms with Gasteiger partial charge in [0.25, 0.3) is 0 Å². The summed E-state index contributed by atoms with van der Waals surface area (Å²) in [6.07, 6.45) is 0. The number of nitrogens with one attached hydrogen (secondary N) is 1. The number of nitrogens with zero attached hydrogens (tertiary/aromatic N) is 1. The number of methoxy groups -OCH3 is 1. The third-order valence-electron chi connectivity index (χ3n) is 1.84. The molecule has 0 fully saturated rings. The van der Waals surface area contributed by atoms with E-state index in [1.54, 1.807) is 0 Å². The molecule has 0 aliphatic rings. The molecule has 0 bridgehead atoms. The Morgan fingerprint density at radius 3 is 2.56 bits per heavy atom. The van der Waals surface area contributed by atoms with Gasteiger partial charge in [-0.15, -0.1) is 11.8 Å². The second kappa shape index (κ2) is 7.99. The van der Waals surface area contributed by atoms with Crippen molar-refractivity contribution in [3.05, 3.63) is 0 Å². The Hall–Kier alpha value is -1.22. The molecule has 1 amide bonds. The first-order chi connectivity index (χ1) is 7.52. The zero-order chi connectivity index (χ0) is 12.6. The van der Waals surface area contributed by atoms with Crippen molar-refractivity contribution in [2.24, 2.45) is 5.92 Å². The molecular formula is C10H16N2O3S. The van der Waals surface area contributed by atoms with Crippen LogP contribution in [0.1, 0.15) is 13.8 Å². The normalized spacial score (nSPS) is 11.7. The quantitative estimate of drug-likeness (QED) is 0.545. The van der Waals surface area contributed by atoms with Gasteiger partial charge in [0.2, 0.25) is 5.91 Å². The third kappa shape index (κ3) is 5.61. The van der Waals surface area contributed by atoms with Crippen molar-refractivity contribution in [1.82, 2.24) is 5.32 Å². The molecule has 0 saturated carbocycles. The zero-order valence-electron chi connectivity index (χ0n) is 9.65. The molecule has 6 heteroatoms. The van der Waals surface area contributed by atoms with E-state index in [9.17, 15) is 9.59 Å². The van der Waals surface area contributed by atoms with Crippen LogP contribution in [-0.4, -0.2) is 36.5 Å². The van der Waals surface area contributed by atoms with Crippen molar-refractivity contribution in [3.8, 4) is 6.07 Å². The van der Waals surface area contributed by atoms with E-state index in [1.165, 1.54) is 18.9 Å². The van der Waals surface area contributed by atoms with E-state index in [2.05, 4.69) is 10.1 Å². The second-order valence-corrected chi connectivity index (χ2v) is 4.45. The van der Waals surface area contributed by atoms with Crippen LogP contribution in [0.4, 0.5) is 0 Å². The fraction of sp³-hybridized carbons (Fsp3) is 0.700.